The zero-order chi connectivity index (χ0) is 13.7. The summed E-state index contributed by atoms with van der Waals surface area (Å²) in [5.41, 5.74) is 1.33. The van der Waals surface area contributed by atoms with Crippen molar-refractivity contribution in [3.8, 4) is 0 Å². The molecule has 1 nitrogen and oxygen atoms in total. The molecule has 106 valence electrons. The highest BCUT2D eigenvalue weighted by molar-refractivity contribution is 6.30. The first kappa shape index (κ1) is 14.9. The number of hydrogen-bond donors (Lipinski definition) is 1. The Balaban J connectivity index is 1.80. The van der Waals surface area contributed by atoms with Crippen LogP contribution in [0.15, 0.2) is 24.3 Å². The summed E-state index contributed by atoms with van der Waals surface area (Å²) in [6, 6.07) is 9.33. The van der Waals surface area contributed by atoms with Gasteiger partial charge in [0.05, 0.1) is 0 Å². The van der Waals surface area contributed by atoms with E-state index in [0.29, 0.717) is 12.1 Å². The number of rotatable bonds is 5. The second-order valence-corrected chi connectivity index (χ2v) is 6.38. The quantitative estimate of drug-likeness (QED) is 0.766. The molecule has 19 heavy (non-hydrogen) atoms. The van der Waals surface area contributed by atoms with Crippen molar-refractivity contribution in [1.82, 2.24) is 5.32 Å². The molecule has 0 aromatic heterocycles. The van der Waals surface area contributed by atoms with Crippen LogP contribution in [0, 0.1) is 5.92 Å². The normalized spacial score (nSPS) is 25.2. The van der Waals surface area contributed by atoms with Gasteiger partial charge < -0.3 is 5.32 Å². The molecular weight excluding hydrogens is 254 g/mol. The highest BCUT2D eigenvalue weighted by Crippen LogP contribution is 2.29. The smallest absolute Gasteiger partial charge is 0.0406 e. The van der Waals surface area contributed by atoms with E-state index in [4.69, 9.17) is 11.6 Å². The molecule has 1 atom stereocenters. The van der Waals surface area contributed by atoms with Gasteiger partial charge >= 0.3 is 0 Å². The van der Waals surface area contributed by atoms with Gasteiger partial charge in [0.15, 0.2) is 0 Å². The van der Waals surface area contributed by atoms with E-state index in [9.17, 15) is 0 Å². The van der Waals surface area contributed by atoms with Gasteiger partial charge in [0, 0.05) is 17.1 Å². The van der Waals surface area contributed by atoms with Crippen LogP contribution in [0.1, 0.15) is 64.0 Å². The maximum Gasteiger partial charge on any atom is 0.0406 e. The molecule has 1 aromatic rings. The highest BCUT2D eigenvalue weighted by atomic mass is 35.5. The summed E-state index contributed by atoms with van der Waals surface area (Å²) in [6.07, 6.45) is 8.23. The zero-order valence-corrected chi connectivity index (χ0v) is 12.9. The SMILES string of the molecule is CCCC1CCC(N[C@@H](C)c2ccc(Cl)cc2)CC1. The first-order chi connectivity index (χ1) is 9.19. The maximum atomic E-state index is 5.93. The highest BCUT2D eigenvalue weighted by Gasteiger charge is 2.21. The van der Waals surface area contributed by atoms with E-state index in [1.807, 2.05) is 12.1 Å². The van der Waals surface area contributed by atoms with Gasteiger partial charge in [-0.1, -0.05) is 43.5 Å². The molecule has 0 heterocycles. The summed E-state index contributed by atoms with van der Waals surface area (Å²) in [5, 5.41) is 4.59. The molecule has 2 rings (SSSR count). The molecule has 1 saturated carbocycles. The van der Waals surface area contributed by atoms with Crippen molar-refractivity contribution in [1.29, 1.82) is 0 Å². The standard InChI is InChI=1S/C17H26ClN/c1-3-4-14-5-11-17(12-6-14)19-13(2)15-7-9-16(18)10-8-15/h7-10,13-14,17,19H,3-6,11-12H2,1-2H3/t13-,14?,17?/m0/s1. The first-order valence-electron chi connectivity index (χ1n) is 7.70. The Morgan fingerprint density at radius 3 is 2.37 bits per heavy atom. The Bertz CT molecular complexity index is 365. The predicted molar refractivity (Wildman–Crippen MR) is 83.7 cm³/mol. The van der Waals surface area contributed by atoms with Crippen molar-refractivity contribution >= 4 is 11.6 Å². The second-order valence-electron chi connectivity index (χ2n) is 5.95. The summed E-state index contributed by atoms with van der Waals surface area (Å²) >= 11 is 5.93. The minimum Gasteiger partial charge on any atom is -0.307 e. The lowest BCUT2D eigenvalue weighted by atomic mass is 9.83. The fraction of sp³-hybridized carbons (Fsp3) is 0.647. The van der Waals surface area contributed by atoms with Crippen LogP contribution >= 0.6 is 11.6 Å². The molecule has 0 amide bonds. The van der Waals surface area contributed by atoms with Crippen molar-refractivity contribution < 1.29 is 0 Å². The van der Waals surface area contributed by atoms with Gasteiger partial charge in [-0.3, -0.25) is 0 Å². The van der Waals surface area contributed by atoms with Gasteiger partial charge in [0.2, 0.25) is 0 Å². The van der Waals surface area contributed by atoms with E-state index < -0.39 is 0 Å². The Labute approximate surface area is 122 Å². The molecule has 2 heteroatoms. The maximum absolute atomic E-state index is 5.93. The summed E-state index contributed by atoms with van der Waals surface area (Å²) in [7, 11) is 0. The van der Waals surface area contributed by atoms with Gasteiger partial charge in [0.25, 0.3) is 0 Å². The number of benzene rings is 1. The first-order valence-corrected chi connectivity index (χ1v) is 8.08. The predicted octanol–water partition coefficient (Wildman–Crippen LogP) is 5.35. The van der Waals surface area contributed by atoms with Crippen molar-refractivity contribution in [3.05, 3.63) is 34.9 Å². The monoisotopic (exact) mass is 279 g/mol. The fourth-order valence-electron chi connectivity index (χ4n) is 3.23. The van der Waals surface area contributed by atoms with Crippen LogP contribution in [0.3, 0.4) is 0 Å². The molecule has 0 saturated heterocycles. The minimum absolute atomic E-state index is 0.421. The van der Waals surface area contributed by atoms with Gasteiger partial charge in [-0.05, 0) is 56.2 Å². The third-order valence-electron chi connectivity index (χ3n) is 4.40. The Morgan fingerprint density at radius 1 is 1.16 bits per heavy atom. The molecule has 0 spiro atoms. The largest absolute Gasteiger partial charge is 0.307 e. The average molecular weight is 280 g/mol. The molecule has 1 fully saturated rings. The lowest BCUT2D eigenvalue weighted by molar-refractivity contribution is 0.266. The minimum atomic E-state index is 0.421. The lowest BCUT2D eigenvalue weighted by Gasteiger charge is -2.31. The van der Waals surface area contributed by atoms with Crippen molar-refractivity contribution in [3.63, 3.8) is 0 Å². The van der Waals surface area contributed by atoms with E-state index in [0.717, 1.165) is 10.9 Å². The molecular formula is C17H26ClN. The van der Waals surface area contributed by atoms with E-state index in [1.165, 1.54) is 44.1 Å². The van der Waals surface area contributed by atoms with Crippen molar-refractivity contribution in [2.24, 2.45) is 5.92 Å². The summed E-state index contributed by atoms with van der Waals surface area (Å²) in [4.78, 5) is 0. The number of halogens is 1. The Morgan fingerprint density at radius 2 is 1.79 bits per heavy atom. The Kier molecular flexibility index (Phi) is 5.72. The van der Waals surface area contributed by atoms with E-state index in [2.05, 4.69) is 31.3 Å². The fourth-order valence-corrected chi connectivity index (χ4v) is 3.35. The van der Waals surface area contributed by atoms with Crippen molar-refractivity contribution in [2.75, 3.05) is 0 Å². The third kappa shape index (κ3) is 4.50. The molecule has 0 aliphatic heterocycles. The van der Waals surface area contributed by atoms with Crippen LogP contribution in [0.2, 0.25) is 5.02 Å². The van der Waals surface area contributed by atoms with Gasteiger partial charge in [-0.2, -0.15) is 0 Å². The molecule has 0 radical (unpaired) electrons. The van der Waals surface area contributed by atoms with Crippen LogP contribution in [-0.2, 0) is 0 Å². The Hall–Kier alpha value is -0.530. The molecule has 1 aromatic carbocycles. The summed E-state index contributed by atoms with van der Waals surface area (Å²) in [5.74, 6) is 0.980. The second kappa shape index (κ2) is 7.31. The summed E-state index contributed by atoms with van der Waals surface area (Å²) in [6.45, 7) is 4.55. The molecule has 1 aliphatic carbocycles. The number of nitrogens with one attached hydrogen (secondary N) is 1. The zero-order valence-electron chi connectivity index (χ0n) is 12.2. The van der Waals surface area contributed by atoms with Crippen LogP contribution in [0.25, 0.3) is 0 Å². The third-order valence-corrected chi connectivity index (χ3v) is 4.65. The van der Waals surface area contributed by atoms with Gasteiger partial charge in [-0.25, -0.2) is 0 Å². The van der Waals surface area contributed by atoms with Crippen LogP contribution in [-0.4, -0.2) is 6.04 Å². The van der Waals surface area contributed by atoms with Gasteiger partial charge in [0.1, 0.15) is 0 Å². The van der Waals surface area contributed by atoms with Crippen LogP contribution in [0.5, 0.6) is 0 Å². The molecule has 0 bridgehead atoms. The topological polar surface area (TPSA) is 12.0 Å². The molecule has 1 aliphatic rings. The summed E-state index contributed by atoms with van der Waals surface area (Å²) < 4.78 is 0. The average Bonchev–Trinajstić information content (AvgIpc) is 2.42. The molecule has 1 N–H and O–H groups in total. The van der Waals surface area contributed by atoms with E-state index in [-0.39, 0.29) is 0 Å². The molecule has 0 unspecified atom stereocenters. The van der Waals surface area contributed by atoms with Crippen LogP contribution in [0.4, 0.5) is 0 Å². The van der Waals surface area contributed by atoms with Crippen LogP contribution < -0.4 is 5.32 Å². The van der Waals surface area contributed by atoms with E-state index >= 15 is 0 Å². The van der Waals surface area contributed by atoms with E-state index in [1.54, 1.807) is 0 Å². The lowest BCUT2D eigenvalue weighted by Crippen LogP contribution is -2.35. The van der Waals surface area contributed by atoms with Crippen molar-refractivity contribution in [2.45, 2.75) is 64.5 Å². The van der Waals surface area contributed by atoms with Gasteiger partial charge in [-0.15, -0.1) is 0 Å². The number of hydrogen-bond acceptors (Lipinski definition) is 1.